The maximum atomic E-state index is 13.2. The molecule has 1 amide bonds. The molecular formula is C20H18FN3O3S. The van der Waals surface area contributed by atoms with Crippen molar-refractivity contribution in [2.75, 3.05) is 10.8 Å². The standard InChI is InChI=1S/C20H18FN3O3S/c21-17-6-8-19(9-7-17)28(26,27)24(18-4-2-1-3-5-18)15-20(25)23-14-16-10-12-22-13-11-16/h1-13H,14-15H2,(H,23,25). The van der Waals surface area contributed by atoms with E-state index in [2.05, 4.69) is 10.3 Å². The number of aromatic nitrogens is 1. The number of carbonyl (C=O) groups is 1. The number of rotatable bonds is 7. The van der Waals surface area contributed by atoms with Crippen LogP contribution in [0.5, 0.6) is 0 Å². The van der Waals surface area contributed by atoms with Crippen LogP contribution in [0.3, 0.4) is 0 Å². The van der Waals surface area contributed by atoms with Crippen LogP contribution in [0.15, 0.2) is 84.0 Å². The third-order valence-corrected chi connectivity index (χ3v) is 5.76. The van der Waals surface area contributed by atoms with Gasteiger partial charge in [-0.3, -0.25) is 14.1 Å². The van der Waals surface area contributed by atoms with Gasteiger partial charge in [0.1, 0.15) is 12.4 Å². The largest absolute Gasteiger partial charge is 0.350 e. The molecule has 0 atom stereocenters. The molecular weight excluding hydrogens is 381 g/mol. The van der Waals surface area contributed by atoms with Crippen molar-refractivity contribution < 1.29 is 17.6 Å². The monoisotopic (exact) mass is 399 g/mol. The Morgan fingerprint density at radius 1 is 0.964 bits per heavy atom. The number of benzene rings is 2. The van der Waals surface area contributed by atoms with Crippen LogP contribution in [0, 0.1) is 5.82 Å². The van der Waals surface area contributed by atoms with Crippen LogP contribution in [0.2, 0.25) is 0 Å². The number of halogens is 1. The average molecular weight is 399 g/mol. The van der Waals surface area contributed by atoms with Gasteiger partial charge in [-0.1, -0.05) is 18.2 Å². The summed E-state index contributed by atoms with van der Waals surface area (Å²) in [7, 11) is -4.05. The lowest BCUT2D eigenvalue weighted by Gasteiger charge is -2.24. The van der Waals surface area contributed by atoms with E-state index in [9.17, 15) is 17.6 Å². The van der Waals surface area contributed by atoms with Gasteiger partial charge in [0.25, 0.3) is 10.0 Å². The van der Waals surface area contributed by atoms with Crippen molar-refractivity contribution in [1.82, 2.24) is 10.3 Å². The van der Waals surface area contributed by atoms with E-state index in [0.717, 1.165) is 22.0 Å². The fourth-order valence-electron chi connectivity index (χ4n) is 2.53. The molecule has 28 heavy (non-hydrogen) atoms. The van der Waals surface area contributed by atoms with Gasteiger partial charge in [-0.2, -0.15) is 0 Å². The van der Waals surface area contributed by atoms with Crippen molar-refractivity contribution in [3.05, 3.63) is 90.5 Å². The molecule has 6 nitrogen and oxygen atoms in total. The number of para-hydroxylation sites is 1. The molecule has 1 N–H and O–H groups in total. The lowest BCUT2D eigenvalue weighted by atomic mass is 10.3. The number of amides is 1. The molecule has 0 spiro atoms. The SMILES string of the molecule is O=C(CN(c1ccccc1)S(=O)(=O)c1ccc(F)cc1)NCc1ccncc1. The van der Waals surface area contributed by atoms with Crippen molar-refractivity contribution in [3.8, 4) is 0 Å². The molecule has 3 aromatic rings. The predicted octanol–water partition coefficient (Wildman–Crippen LogP) is 2.73. The molecule has 1 aromatic heterocycles. The van der Waals surface area contributed by atoms with Gasteiger partial charge in [0.15, 0.2) is 0 Å². The van der Waals surface area contributed by atoms with Crippen molar-refractivity contribution >= 4 is 21.6 Å². The lowest BCUT2D eigenvalue weighted by Crippen LogP contribution is -2.40. The molecule has 2 aromatic carbocycles. The number of sulfonamides is 1. The van der Waals surface area contributed by atoms with Crippen LogP contribution in [-0.4, -0.2) is 25.9 Å². The summed E-state index contributed by atoms with van der Waals surface area (Å²) in [4.78, 5) is 16.2. The van der Waals surface area contributed by atoms with Gasteiger partial charge >= 0.3 is 0 Å². The van der Waals surface area contributed by atoms with Crippen molar-refractivity contribution in [3.63, 3.8) is 0 Å². The normalized spacial score (nSPS) is 11.0. The highest BCUT2D eigenvalue weighted by atomic mass is 32.2. The predicted molar refractivity (Wildman–Crippen MR) is 103 cm³/mol. The summed E-state index contributed by atoms with van der Waals surface area (Å²) in [5.41, 5.74) is 1.18. The Balaban J connectivity index is 1.83. The minimum Gasteiger partial charge on any atom is -0.350 e. The summed E-state index contributed by atoms with van der Waals surface area (Å²) < 4.78 is 40.3. The lowest BCUT2D eigenvalue weighted by molar-refractivity contribution is -0.119. The fraction of sp³-hybridized carbons (Fsp3) is 0.100. The molecule has 144 valence electrons. The van der Waals surface area contributed by atoms with E-state index in [1.165, 1.54) is 12.1 Å². The first-order valence-corrected chi connectivity index (χ1v) is 9.90. The summed E-state index contributed by atoms with van der Waals surface area (Å²) in [6.45, 7) is -0.157. The molecule has 0 bridgehead atoms. The van der Waals surface area contributed by atoms with E-state index in [0.29, 0.717) is 5.69 Å². The van der Waals surface area contributed by atoms with Crippen LogP contribution >= 0.6 is 0 Å². The molecule has 0 aliphatic carbocycles. The zero-order valence-corrected chi connectivity index (χ0v) is 15.6. The number of hydrogen-bond donors (Lipinski definition) is 1. The van der Waals surface area contributed by atoms with Crippen LogP contribution in [-0.2, 0) is 21.4 Å². The van der Waals surface area contributed by atoms with E-state index < -0.39 is 28.3 Å². The summed E-state index contributed by atoms with van der Waals surface area (Å²) in [6.07, 6.45) is 3.22. The quantitative estimate of drug-likeness (QED) is 0.663. The van der Waals surface area contributed by atoms with Gasteiger partial charge in [0.2, 0.25) is 5.91 Å². The van der Waals surface area contributed by atoms with Gasteiger partial charge < -0.3 is 5.32 Å². The van der Waals surface area contributed by atoms with Crippen molar-refractivity contribution in [2.24, 2.45) is 0 Å². The highest BCUT2D eigenvalue weighted by Crippen LogP contribution is 2.23. The maximum Gasteiger partial charge on any atom is 0.264 e. The molecule has 8 heteroatoms. The Kier molecular flexibility index (Phi) is 6.00. The van der Waals surface area contributed by atoms with Gasteiger partial charge in [-0.05, 0) is 54.1 Å². The smallest absolute Gasteiger partial charge is 0.264 e. The Labute approximate surface area is 162 Å². The molecule has 0 fully saturated rings. The Morgan fingerprint density at radius 2 is 1.61 bits per heavy atom. The first kappa shape index (κ1) is 19.5. The first-order chi connectivity index (χ1) is 13.5. The Bertz CT molecular complexity index is 1030. The number of nitrogens with zero attached hydrogens (tertiary/aromatic N) is 2. The first-order valence-electron chi connectivity index (χ1n) is 8.46. The minimum absolute atomic E-state index is 0.0975. The highest BCUT2D eigenvalue weighted by molar-refractivity contribution is 7.92. The second-order valence-corrected chi connectivity index (χ2v) is 7.80. The molecule has 0 saturated carbocycles. The summed E-state index contributed by atoms with van der Waals surface area (Å²) in [5.74, 6) is -1.01. The maximum absolute atomic E-state index is 13.2. The molecule has 1 heterocycles. The topological polar surface area (TPSA) is 79.4 Å². The van der Waals surface area contributed by atoms with Gasteiger partial charge in [-0.15, -0.1) is 0 Å². The van der Waals surface area contributed by atoms with E-state index in [4.69, 9.17) is 0 Å². The van der Waals surface area contributed by atoms with E-state index in [1.807, 2.05) is 0 Å². The number of pyridine rings is 1. The second kappa shape index (κ2) is 8.62. The van der Waals surface area contributed by atoms with Crippen molar-refractivity contribution in [2.45, 2.75) is 11.4 Å². The summed E-state index contributed by atoms with van der Waals surface area (Å²) in [6, 6.07) is 16.3. The van der Waals surface area contributed by atoms with E-state index in [-0.39, 0.29) is 11.4 Å². The van der Waals surface area contributed by atoms with Crippen LogP contribution < -0.4 is 9.62 Å². The average Bonchev–Trinajstić information content (AvgIpc) is 2.72. The van der Waals surface area contributed by atoms with Gasteiger partial charge in [0.05, 0.1) is 10.6 Å². The Morgan fingerprint density at radius 3 is 2.25 bits per heavy atom. The van der Waals surface area contributed by atoms with Crippen LogP contribution in [0.1, 0.15) is 5.56 Å². The minimum atomic E-state index is -4.05. The highest BCUT2D eigenvalue weighted by Gasteiger charge is 2.27. The second-order valence-electron chi connectivity index (χ2n) is 5.93. The van der Waals surface area contributed by atoms with Crippen LogP contribution in [0.25, 0.3) is 0 Å². The molecule has 3 rings (SSSR count). The molecule has 0 radical (unpaired) electrons. The Hall–Kier alpha value is -3.26. The van der Waals surface area contributed by atoms with Gasteiger partial charge in [0, 0.05) is 18.9 Å². The third-order valence-electron chi connectivity index (χ3n) is 3.97. The van der Waals surface area contributed by atoms with Crippen LogP contribution in [0.4, 0.5) is 10.1 Å². The van der Waals surface area contributed by atoms with E-state index in [1.54, 1.807) is 54.9 Å². The fourth-order valence-corrected chi connectivity index (χ4v) is 3.95. The molecule has 0 saturated heterocycles. The third kappa shape index (κ3) is 4.72. The number of hydrogen-bond acceptors (Lipinski definition) is 4. The van der Waals surface area contributed by atoms with Gasteiger partial charge in [-0.25, -0.2) is 12.8 Å². The number of carbonyl (C=O) groups excluding carboxylic acids is 1. The molecule has 0 aliphatic heterocycles. The van der Waals surface area contributed by atoms with E-state index >= 15 is 0 Å². The molecule has 0 aliphatic rings. The summed E-state index contributed by atoms with van der Waals surface area (Å²) in [5, 5.41) is 2.70. The van der Waals surface area contributed by atoms with Crippen molar-refractivity contribution in [1.29, 1.82) is 0 Å². The summed E-state index contributed by atoms with van der Waals surface area (Å²) >= 11 is 0. The zero-order valence-electron chi connectivity index (χ0n) is 14.8. The number of anilines is 1. The zero-order chi connectivity index (χ0) is 20.0. The molecule has 0 unspecified atom stereocenters. The number of nitrogens with one attached hydrogen (secondary N) is 1.